The fourth-order valence-corrected chi connectivity index (χ4v) is 0.916. The van der Waals surface area contributed by atoms with Gasteiger partial charge in [-0.05, 0) is 0 Å². The Labute approximate surface area is 55.8 Å². The first-order chi connectivity index (χ1) is 4.11. The Bertz CT molecular complexity index is 276. The van der Waals surface area contributed by atoms with Crippen LogP contribution in [0.3, 0.4) is 0 Å². The van der Waals surface area contributed by atoms with E-state index in [-0.39, 0.29) is 5.03 Å². The summed E-state index contributed by atoms with van der Waals surface area (Å²) in [5, 5.41) is 2.83. The Morgan fingerprint density at radius 1 is 1.67 bits per heavy atom. The lowest BCUT2D eigenvalue weighted by atomic mass is 10.8. The molecule has 0 aromatic carbocycles. The molecule has 0 saturated heterocycles. The van der Waals surface area contributed by atoms with Crippen LogP contribution in [0, 0.1) is 0 Å². The summed E-state index contributed by atoms with van der Waals surface area (Å²) in [5.41, 5.74) is 0. The van der Waals surface area contributed by atoms with Gasteiger partial charge in [-0.2, -0.15) is 0 Å². The van der Waals surface area contributed by atoms with Gasteiger partial charge in [0.2, 0.25) is 5.03 Å². The van der Waals surface area contributed by atoms with Gasteiger partial charge < -0.3 is 4.52 Å². The van der Waals surface area contributed by atoms with Gasteiger partial charge in [-0.25, -0.2) is 8.42 Å². The third-order valence-electron chi connectivity index (χ3n) is 0.664. The second-order valence-corrected chi connectivity index (χ2v) is 3.79. The maximum absolute atomic E-state index is 10.3. The Morgan fingerprint density at radius 3 is 2.56 bits per heavy atom. The zero-order valence-electron chi connectivity index (χ0n) is 4.11. The molecule has 0 saturated carbocycles. The molecular formula is C3H2ClNO3S. The van der Waals surface area contributed by atoms with Gasteiger partial charge in [0.25, 0.3) is 9.05 Å². The summed E-state index contributed by atoms with van der Waals surface area (Å²) in [4.78, 5) is 0. The predicted molar refractivity (Wildman–Crippen MR) is 29.5 cm³/mol. The smallest absolute Gasteiger partial charge is 0.282 e. The number of nitrogens with zero attached hydrogens (tertiary/aromatic N) is 1. The van der Waals surface area contributed by atoms with Gasteiger partial charge in [-0.15, -0.1) is 0 Å². The van der Waals surface area contributed by atoms with E-state index >= 15 is 0 Å². The van der Waals surface area contributed by atoms with Crippen LogP contribution in [0.25, 0.3) is 0 Å². The minimum Gasteiger partial charge on any atom is -0.363 e. The van der Waals surface area contributed by atoms with E-state index in [1.54, 1.807) is 0 Å². The maximum atomic E-state index is 10.3. The zero-order valence-corrected chi connectivity index (χ0v) is 5.69. The molecule has 9 heavy (non-hydrogen) atoms. The number of hydrogen-bond acceptors (Lipinski definition) is 4. The second-order valence-electron chi connectivity index (χ2n) is 1.28. The van der Waals surface area contributed by atoms with E-state index in [9.17, 15) is 8.42 Å². The molecule has 0 atom stereocenters. The van der Waals surface area contributed by atoms with Crippen molar-refractivity contribution < 1.29 is 12.9 Å². The van der Waals surface area contributed by atoms with Crippen LogP contribution in [0.4, 0.5) is 0 Å². The van der Waals surface area contributed by atoms with Gasteiger partial charge in [-0.3, -0.25) is 0 Å². The number of hydrogen-bond donors (Lipinski definition) is 0. The van der Waals surface area contributed by atoms with Crippen LogP contribution in [0.15, 0.2) is 21.9 Å². The average molecular weight is 168 g/mol. The van der Waals surface area contributed by atoms with Crippen LogP contribution in [0.5, 0.6) is 0 Å². The van der Waals surface area contributed by atoms with Crippen molar-refractivity contribution >= 4 is 19.7 Å². The van der Waals surface area contributed by atoms with Gasteiger partial charge in [0.05, 0.1) is 0 Å². The molecule has 1 aromatic rings. The van der Waals surface area contributed by atoms with Gasteiger partial charge in [0, 0.05) is 16.7 Å². The molecule has 0 spiro atoms. The van der Waals surface area contributed by atoms with Crippen molar-refractivity contribution in [2.75, 3.05) is 0 Å². The number of aromatic nitrogens is 1. The summed E-state index contributed by atoms with van der Waals surface area (Å²) in [7, 11) is 1.16. The van der Waals surface area contributed by atoms with E-state index in [2.05, 4.69) is 9.68 Å². The van der Waals surface area contributed by atoms with Crippen LogP contribution >= 0.6 is 10.7 Å². The largest absolute Gasteiger partial charge is 0.363 e. The Balaban J connectivity index is 3.20. The molecule has 0 fully saturated rings. The summed E-state index contributed by atoms with van der Waals surface area (Å²) in [6.07, 6.45) is 1.13. The van der Waals surface area contributed by atoms with Gasteiger partial charge in [-0.1, -0.05) is 5.16 Å². The summed E-state index contributed by atoms with van der Waals surface area (Å²) in [6, 6.07) is 1.17. The van der Waals surface area contributed by atoms with Crippen LogP contribution < -0.4 is 0 Å². The number of halogens is 1. The van der Waals surface area contributed by atoms with Crippen molar-refractivity contribution in [1.29, 1.82) is 0 Å². The molecule has 1 rings (SSSR count). The fraction of sp³-hybridized carbons (Fsp3) is 0. The molecule has 1 aromatic heterocycles. The lowest BCUT2D eigenvalue weighted by Gasteiger charge is -1.80. The third-order valence-corrected chi connectivity index (χ3v) is 1.85. The lowest BCUT2D eigenvalue weighted by Crippen LogP contribution is -1.88. The van der Waals surface area contributed by atoms with E-state index in [0.29, 0.717) is 0 Å². The molecule has 0 radical (unpaired) electrons. The number of rotatable bonds is 1. The molecule has 4 nitrogen and oxygen atoms in total. The second kappa shape index (κ2) is 2.00. The van der Waals surface area contributed by atoms with Crippen molar-refractivity contribution in [2.24, 2.45) is 0 Å². The molecule has 0 aliphatic heterocycles. The molecule has 50 valence electrons. The van der Waals surface area contributed by atoms with E-state index < -0.39 is 9.05 Å². The summed E-state index contributed by atoms with van der Waals surface area (Å²) >= 11 is 0. The lowest BCUT2D eigenvalue weighted by molar-refractivity contribution is 0.401. The molecule has 1 heterocycles. The normalized spacial score (nSPS) is 11.7. The van der Waals surface area contributed by atoms with E-state index in [1.165, 1.54) is 6.07 Å². The minimum atomic E-state index is -3.69. The van der Waals surface area contributed by atoms with Crippen molar-refractivity contribution in [2.45, 2.75) is 5.03 Å². The third kappa shape index (κ3) is 1.43. The molecule has 0 unspecified atom stereocenters. The minimum absolute atomic E-state index is 0.260. The molecule has 0 amide bonds. The SMILES string of the molecule is O=S(=O)(Cl)c1ccon1. The van der Waals surface area contributed by atoms with E-state index in [4.69, 9.17) is 10.7 Å². The Morgan fingerprint density at radius 2 is 2.33 bits per heavy atom. The highest BCUT2D eigenvalue weighted by Gasteiger charge is 2.11. The molecule has 0 N–H and O–H groups in total. The first-order valence-electron chi connectivity index (χ1n) is 1.96. The van der Waals surface area contributed by atoms with Crippen LogP contribution in [-0.2, 0) is 9.05 Å². The quantitative estimate of drug-likeness (QED) is 0.575. The Kier molecular flexibility index (Phi) is 1.46. The van der Waals surface area contributed by atoms with Gasteiger partial charge in [0.15, 0.2) is 0 Å². The molecular weight excluding hydrogens is 166 g/mol. The topological polar surface area (TPSA) is 60.2 Å². The molecule has 0 bridgehead atoms. The van der Waals surface area contributed by atoms with Crippen LogP contribution in [0.1, 0.15) is 0 Å². The first kappa shape index (κ1) is 6.57. The maximum Gasteiger partial charge on any atom is 0.282 e. The summed E-state index contributed by atoms with van der Waals surface area (Å²) in [6.45, 7) is 0. The van der Waals surface area contributed by atoms with Crippen molar-refractivity contribution in [1.82, 2.24) is 5.16 Å². The standard InChI is InChI=1S/C3H2ClNO3S/c4-9(6,7)3-1-2-8-5-3/h1-2H. The fourth-order valence-electron chi connectivity index (χ4n) is 0.327. The van der Waals surface area contributed by atoms with Crippen molar-refractivity contribution in [3.05, 3.63) is 12.3 Å². The summed E-state index contributed by atoms with van der Waals surface area (Å²) in [5.74, 6) is 0. The average Bonchev–Trinajstić information content (AvgIpc) is 2.08. The van der Waals surface area contributed by atoms with Gasteiger partial charge in [0.1, 0.15) is 6.26 Å². The summed E-state index contributed by atoms with van der Waals surface area (Å²) < 4.78 is 24.9. The van der Waals surface area contributed by atoms with Crippen molar-refractivity contribution in [3.8, 4) is 0 Å². The predicted octanol–water partition coefficient (Wildman–Crippen LogP) is 0.602. The van der Waals surface area contributed by atoms with E-state index in [0.717, 1.165) is 6.26 Å². The molecule has 0 aliphatic rings. The van der Waals surface area contributed by atoms with Crippen LogP contribution in [0.2, 0.25) is 0 Å². The van der Waals surface area contributed by atoms with Crippen molar-refractivity contribution in [3.63, 3.8) is 0 Å². The van der Waals surface area contributed by atoms with E-state index in [1.807, 2.05) is 0 Å². The Hall–Kier alpha value is -0.550. The highest BCUT2D eigenvalue weighted by atomic mass is 35.7. The monoisotopic (exact) mass is 167 g/mol. The highest BCUT2D eigenvalue weighted by molar-refractivity contribution is 8.13. The molecule has 6 heteroatoms. The zero-order chi connectivity index (χ0) is 6.91. The highest BCUT2D eigenvalue weighted by Crippen LogP contribution is 2.09. The first-order valence-corrected chi connectivity index (χ1v) is 4.26. The van der Waals surface area contributed by atoms with Crippen LogP contribution in [-0.4, -0.2) is 13.6 Å². The molecule has 0 aliphatic carbocycles. The van der Waals surface area contributed by atoms with Gasteiger partial charge >= 0.3 is 0 Å².